The highest BCUT2D eigenvalue weighted by Gasteiger charge is 2.41. The average Bonchev–Trinajstić information content (AvgIpc) is 2.10. The Balaban J connectivity index is 2.95. The Bertz CT molecular complexity index is 179. The maximum Gasteiger partial charge on any atom is 0.130 e. The van der Waals surface area contributed by atoms with Gasteiger partial charge in [0.2, 0.25) is 0 Å². The van der Waals surface area contributed by atoms with Gasteiger partial charge in [0.25, 0.3) is 0 Å². The monoisotopic (exact) mass is 138 g/mol. The predicted molar refractivity (Wildman–Crippen MR) is 41.7 cm³/mol. The van der Waals surface area contributed by atoms with Crippen molar-refractivity contribution < 1.29 is 4.79 Å². The van der Waals surface area contributed by atoms with Crippen molar-refractivity contribution in [3.63, 3.8) is 0 Å². The molecular formula is C9H14O. The molecule has 10 heavy (non-hydrogen) atoms. The highest BCUT2D eigenvalue weighted by Crippen LogP contribution is 2.46. The minimum Gasteiger partial charge on any atom is -0.302 e. The van der Waals surface area contributed by atoms with E-state index in [2.05, 4.69) is 19.9 Å². The van der Waals surface area contributed by atoms with Gasteiger partial charge in [-0.15, -0.1) is 0 Å². The number of aldehydes is 1. The van der Waals surface area contributed by atoms with Gasteiger partial charge in [-0.25, -0.2) is 0 Å². The molecule has 1 aliphatic carbocycles. The molecule has 0 heterocycles. The first-order chi connectivity index (χ1) is 4.52. The van der Waals surface area contributed by atoms with Gasteiger partial charge in [0.15, 0.2) is 0 Å². The molecule has 0 N–H and O–H groups in total. The second-order valence-corrected chi connectivity index (χ2v) is 3.89. The normalized spacial score (nSPS) is 36.3. The van der Waals surface area contributed by atoms with E-state index in [4.69, 9.17) is 0 Å². The van der Waals surface area contributed by atoms with Crippen LogP contribution < -0.4 is 0 Å². The third-order valence-electron chi connectivity index (χ3n) is 2.80. The van der Waals surface area contributed by atoms with Gasteiger partial charge in [-0.2, -0.15) is 0 Å². The largest absolute Gasteiger partial charge is 0.302 e. The van der Waals surface area contributed by atoms with Crippen molar-refractivity contribution in [2.24, 2.45) is 10.8 Å². The Morgan fingerprint density at radius 1 is 1.40 bits per heavy atom. The minimum atomic E-state index is -0.229. The van der Waals surface area contributed by atoms with Crippen LogP contribution in [-0.2, 0) is 4.79 Å². The first-order valence-corrected chi connectivity index (χ1v) is 3.66. The van der Waals surface area contributed by atoms with E-state index in [0.717, 1.165) is 12.7 Å². The molecule has 0 saturated carbocycles. The second kappa shape index (κ2) is 1.94. The molecule has 0 aliphatic heterocycles. The number of rotatable bonds is 1. The summed E-state index contributed by atoms with van der Waals surface area (Å²) in [6.07, 6.45) is 6.17. The van der Waals surface area contributed by atoms with Gasteiger partial charge in [-0.3, -0.25) is 0 Å². The van der Waals surface area contributed by atoms with Gasteiger partial charge in [-0.05, 0) is 18.8 Å². The summed E-state index contributed by atoms with van der Waals surface area (Å²) in [5.41, 5.74) is -0.109. The summed E-state index contributed by atoms with van der Waals surface area (Å²) < 4.78 is 0. The van der Waals surface area contributed by atoms with Crippen LogP contribution >= 0.6 is 0 Å². The fraction of sp³-hybridized carbons (Fsp3) is 0.667. The SMILES string of the molecule is CC1(C=O)C=CCC1(C)C. The smallest absolute Gasteiger partial charge is 0.130 e. The lowest BCUT2D eigenvalue weighted by Gasteiger charge is -2.32. The van der Waals surface area contributed by atoms with Crippen molar-refractivity contribution in [2.45, 2.75) is 27.2 Å². The maximum atomic E-state index is 10.7. The van der Waals surface area contributed by atoms with Crippen molar-refractivity contribution in [1.82, 2.24) is 0 Å². The Hall–Kier alpha value is -0.590. The third-order valence-corrected chi connectivity index (χ3v) is 2.80. The summed E-state index contributed by atoms with van der Waals surface area (Å²) in [6, 6.07) is 0. The predicted octanol–water partition coefficient (Wildman–Crippen LogP) is 2.18. The van der Waals surface area contributed by atoms with Crippen LogP contribution in [0.2, 0.25) is 0 Å². The Labute approximate surface area is 62.1 Å². The lowest BCUT2D eigenvalue weighted by atomic mass is 9.70. The molecule has 1 aliphatic rings. The highest BCUT2D eigenvalue weighted by atomic mass is 16.1. The Kier molecular flexibility index (Phi) is 1.46. The topological polar surface area (TPSA) is 17.1 Å². The van der Waals surface area contributed by atoms with E-state index < -0.39 is 0 Å². The Morgan fingerprint density at radius 2 is 2.00 bits per heavy atom. The molecular weight excluding hydrogens is 124 g/mol. The van der Waals surface area contributed by atoms with E-state index in [1.54, 1.807) is 0 Å². The third kappa shape index (κ3) is 0.808. The van der Waals surface area contributed by atoms with Gasteiger partial charge < -0.3 is 4.79 Å². The number of carbonyl (C=O) groups is 1. The van der Waals surface area contributed by atoms with Crippen molar-refractivity contribution in [3.8, 4) is 0 Å². The first-order valence-electron chi connectivity index (χ1n) is 3.66. The Morgan fingerprint density at radius 3 is 2.20 bits per heavy atom. The van der Waals surface area contributed by atoms with Gasteiger partial charge in [0.1, 0.15) is 6.29 Å². The molecule has 0 aromatic carbocycles. The fourth-order valence-electron chi connectivity index (χ4n) is 1.24. The standard InChI is InChI=1S/C9H14O/c1-8(2)5-4-6-9(8,3)7-10/h4,6-7H,5H2,1-3H3. The number of hydrogen-bond acceptors (Lipinski definition) is 1. The van der Waals surface area contributed by atoms with Crippen molar-refractivity contribution >= 4 is 6.29 Å². The highest BCUT2D eigenvalue weighted by molar-refractivity contribution is 5.64. The summed E-state index contributed by atoms with van der Waals surface area (Å²) in [4.78, 5) is 10.7. The number of allylic oxidation sites excluding steroid dienone is 2. The quantitative estimate of drug-likeness (QED) is 0.401. The van der Waals surface area contributed by atoms with Crippen molar-refractivity contribution in [3.05, 3.63) is 12.2 Å². The van der Waals surface area contributed by atoms with E-state index in [0.29, 0.717) is 0 Å². The second-order valence-electron chi connectivity index (χ2n) is 3.89. The molecule has 0 aromatic rings. The molecule has 1 atom stereocenters. The molecule has 0 spiro atoms. The van der Waals surface area contributed by atoms with Crippen LogP contribution in [-0.4, -0.2) is 6.29 Å². The van der Waals surface area contributed by atoms with E-state index in [-0.39, 0.29) is 10.8 Å². The summed E-state index contributed by atoms with van der Waals surface area (Å²) in [6.45, 7) is 6.24. The van der Waals surface area contributed by atoms with Crippen molar-refractivity contribution in [2.75, 3.05) is 0 Å². The summed E-state index contributed by atoms with van der Waals surface area (Å²) in [5.74, 6) is 0. The molecule has 1 heteroatoms. The zero-order valence-electron chi connectivity index (χ0n) is 6.85. The van der Waals surface area contributed by atoms with E-state index >= 15 is 0 Å². The molecule has 0 radical (unpaired) electrons. The zero-order chi connectivity index (χ0) is 7.83. The molecule has 1 nitrogen and oxygen atoms in total. The lowest BCUT2D eigenvalue weighted by Crippen LogP contribution is -2.30. The molecule has 0 saturated heterocycles. The van der Waals surface area contributed by atoms with Crippen LogP contribution in [0.4, 0.5) is 0 Å². The molecule has 0 aromatic heterocycles. The molecule has 0 bridgehead atoms. The van der Waals surface area contributed by atoms with E-state index in [1.807, 2.05) is 13.0 Å². The maximum absolute atomic E-state index is 10.7. The molecule has 1 unspecified atom stereocenters. The molecule has 0 fully saturated rings. The summed E-state index contributed by atoms with van der Waals surface area (Å²) >= 11 is 0. The summed E-state index contributed by atoms with van der Waals surface area (Å²) in [7, 11) is 0. The zero-order valence-corrected chi connectivity index (χ0v) is 6.85. The van der Waals surface area contributed by atoms with E-state index in [9.17, 15) is 4.79 Å². The molecule has 1 rings (SSSR count). The van der Waals surface area contributed by atoms with Crippen LogP contribution in [0.25, 0.3) is 0 Å². The van der Waals surface area contributed by atoms with Crippen LogP contribution in [0.1, 0.15) is 27.2 Å². The van der Waals surface area contributed by atoms with Gasteiger partial charge in [0, 0.05) is 5.41 Å². The number of carbonyl (C=O) groups excluding carboxylic acids is 1. The van der Waals surface area contributed by atoms with Gasteiger partial charge in [-0.1, -0.05) is 26.0 Å². The van der Waals surface area contributed by atoms with Crippen LogP contribution in [0.3, 0.4) is 0 Å². The van der Waals surface area contributed by atoms with E-state index in [1.165, 1.54) is 0 Å². The van der Waals surface area contributed by atoms with Gasteiger partial charge >= 0.3 is 0 Å². The van der Waals surface area contributed by atoms with Crippen LogP contribution in [0.5, 0.6) is 0 Å². The van der Waals surface area contributed by atoms with Gasteiger partial charge in [0.05, 0.1) is 0 Å². The minimum absolute atomic E-state index is 0.120. The van der Waals surface area contributed by atoms with Crippen molar-refractivity contribution in [1.29, 1.82) is 0 Å². The number of hydrogen-bond donors (Lipinski definition) is 0. The molecule has 0 amide bonds. The average molecular weight is 138 g/mol. The fourth-order valence-corrected chi connectivity index (χ4v) is 1.24. The summed E-state index contributed by atoms with van der Waals surface area (Å²) in [5, 5.41) is 0. The van der Waals surface area contributed by atoms with Crippen LogP contribution in [0, 0.1) is 10.8 Å². The molecule has 56 valence electrons. The first kappa shape index (κ1) is 7.52. The van der Waals surface area contributed by atoms with Crippen LogP contribution in [0.15, 0.2) is 12.2 Å². The lowest BCUT2D eigenvalue weighted by molar-refractivity contribution is -0.117.